The number of para-hydroxylation sites is 3. The summed E-state index contributed by atoms with van der Waals surface area (Å²) < 4.78 is 6.94. The molecule has 11 aromatic rings. The second kappa shape index (κ2) is 13.2. The van der Waals surface area contributed by atoms with E-state index < -0.39 is 0 Å². The summed E-state index contributed by atoms with van der Waals surface area (Å²) in [5.41, 5.74) is 15.0. The Bertz CT molecular complexity index is 3190. The van der Waals surface area contributed by atoms with Crippen LogP contribution in [-0.2, 0) is 6.67 Å². The molecule has 0 aliphatic carbocycles. The van der Waals surface area contributed by atoms with Gasteiger partial charge in [0, 0.05) is 32.8 Å². The van der Waals surface area contributed by atoms with Crippen LogP contribution in [0.5, 0.6) is 0 Å². The van der Waals surface area contributed by atoms with Crippen molar-refractivity contribution in [2.45, 2.75) is 6.67 Å². The first-order valence-electron chi connectivity index (χ1n) is 19.2. The highest BCUT2D eigenvalue weighted by Crippen LogP contribution is 2.38. The molecule has 3 heterocycles. The lowest BCUT2D eigenvalue weighted by atomic mass is 10.0. The lowest BCUT2D eigenvalue weighted by Gasteiger charge is -2.12. The van der Waals surface area contributed by atoms with Crippen LogP contribution in [0.3, 0.4) is 0 Å². The van der Waals surface area contributed by atoms with Crippen molar-refractivity contribution in [1.29, 1.82) is 0 Å². The molecule has 0 N–H and O–H groups in total. The third kappa shape index (κ3) is 5.34. The van der Waals surface area contributed by atoms with E-state index in [-0.39, 0.29) is 0 Å². The van der Waals surface area contributed by atoms with E-state index in [9.17, 15) is 0 Å². The Morgan fingerprint density at radius 2 is 0.804 bits per heavy atom. The molecule has 0 spiro atoms. The number of nitrogens with zero attached hydrogens (tertiary/aromatic N) is 4. The SMILES string of the molecule is c1ccc(-c2ccc(-c3cc(-c4ccccc4)nn3Cn3c4ccccc4c4cc(-c5ccc6c(c5)c5ccccc5n6-c5ccccc5)ccc43)cc2)cc1. The topological polar surface area (TPSA) is 27.7 Å². The minimum absolute atomic E-state index is 0.566. The van der Waals surface area contributed by atoms with Crippen LogP contribution in [0.2, 0.25) is 0 Å². The molecule has 0 amide bonds. The van der Waals surface area contributed by atoms with E-state index in [0.29, 0.717) is 6.67 Å². The molecule has 3 aromatic heterocycles. The van der Waals surface area contributed by atoms with Crippen molar-refractivity contribution in [3.05, 3.63) is 206 Å². The minimum Gasteiger partial charge on any atom is -0.320 e. The van der Waals surface area contributed by atoms with E-state index in [1.807, 2.05) is 0 Å². The molecule has 4 nitrogen and oxygen atoms in total. The lowest BCUT2D eigenvalue weighted by Crippen LogP contribution is -2.10. The van der Waals surface area contributed by atoms with Crippen molar-refractivity contribution in [1.82, 2.24) is 18.9 Å². The second-order valence-electron chi connectivity index (χ2n) is 14.5. The molecule has 0 fully saturated rings. The summed E-state index contributed by atoms with van der Waals surface area (Å²) >= 11 is 0. The molecule has 8 aromatic carbocycles. The number of aromatic nitrogens is 4. The number of fused-ring (bicyclic) bond motifs is 6. The van der Waals surface area contributed by atoms with Crippen LogP contribution >= 0.6 is 0 Å². The van der Waals surface area contributed by atoms with Crippen LogP contribution in [0.4, 0.5) is 0 Å². The normalized spacial score (nSPS) is 11.6. The zero-order chi connectivity index (χ0) is 37.0. The van der Waals surface area contributed by atoms with Gasteiger partial charge in [-0.25, -0.2) is 4.68 Å². The predicted octanol–water partition coefficient (Wildman–Crippen LogP) is 13.3. The zero-order valence-electron chi connectivity index (χ0n) is 30.6. The van der Waals surface area contributed by atoms with Gasteiger partial charge >= 0.3 is 0 Å². The van der Waals surface area contributed by atoms with Gasteiger partial charge in [-0.1, -0.05) is 152 Å². The van der Waals surface area contributed by atoms with E-state index >= 15 is 0 Å². The van der Waals surface area contributed by atoms with Gasteiger partial charge in [0.1, 0.15) is 6.67 Å². The van der Waals surface area contributed by atoms with Crippen molar-refractivity contribution < 1.29 is 0 Å². The maximum atomic E-state index is 5.26. The molecule has 11 rings (SSSR count). The van der Waals surface area contributed by atoms with Crippen molar-refractivity contribution >= 4 is 43.6 Å². The second-order valence-corrected chi connectivity index (χ2v) is 14.5. The Morgan fingerprint density at radius 3 is 1.50 bits per heavy atom. The molecule has 0 radical (unpaired) electrons. The van der Waals surface area contributed by atoms with Crippen LogP contribution < -0.4 is 0 Å². The smallest absolute Gasteiger partial charge is 0.117 e. The summed E-state index contributed by atoms with van der Waals surface area (Å²) in [4.78, 5) is 0. The van der Waals surface area contributed by atoms with Crippen molar-refractivity contribution in [3.63, 3.8) is 0 Å². The largest absolute Gasteiger partial charge is 0.320 e. The summed E-state index contributed by atoms with van der Waals surface area (Å²) in [6.45, 7) is 0.566. The van der Waals surface area contributed by atoms with E-state index in [0.717, 1.165) is 22.5 Å². The van der Waals surface area contributed by atoms with Crippen LogP contribution in [0.1, 0.15) is 0 Å². The van der Waals surface area contributed by atoms with Crippen LogP contribution in [0.25, 0.3) is 94.1 Å². The fourth-order valence-corrected chi connectivity index (χ4v) is 8.50. The number of benzene rings is 8. The Balaban J connectivity index is 1.03. The maximum Gasteiger partial charge on any atom is 0.117 e. The molecule has 0 saturated carbocycles. The average Bonchev–Trinajstić information content (AvgIpc) is 3.95. The van der Waals surface area contributed by atoms with Gasteiger partial charge in [-0.2, -0.15) is 5.10 Å². The zero-order valence-corrected chi connectivity index (χ0v) is 30.6. The third-order valence-electron chi connectivity index (χ3n) is 11.2. The highest BCUT2D eigenvalue weighted by atomic mass is 15.3. The fourth-order valence-electron chi connectivity index (χ4n) is 8.50. The molecule has 0 atom stereocenters. The summed E-state index contributed by atoms with van der Waals surface area (Å²) in [6.07, 6.45) is 0. The van der Waals surface area contributed by atoms with Gasteiger partial charge in [-0.3, -0.25) is 0 Å². The predicted molar refractivity (Wildman–Crippen MR) is 233 cm³/mol. The molecular formula is C52H36N4. The average molecular weight is 717 g/mol. The summed E-state index contributed by atoms with van der Waals surface area (Å²) in [5.74, 6) is 0. The van der Waals surface area contributed by atoms with Crippen molar-refractivity contribution in [2.24, 2.45) is 0 Å². The van der Waals surface area contributed by atoms with E-state index in [1.54, 1.807) is 0 Å². The number of hydrogen-bond acceptors (Lipinski definition) is 1. The Morgan fingerprint density at radius 1 is 0.339 bits per heavy atom. The van der Waals surface area contributed by atoms with Crippen LogP contribution in [0.15, 0.2) is 206 Å². The standard InChI is InChI=1S/C52H36N4/c1-4-14-36(15-5-1)37-24-26-39(27-25-37)52-34-47(38-16-6-2-7-17-38)53-55(52)35-54-48-22-12-10-20-43(48)45-32-40(28-30-49(45)54)41-29-31-51-46(33-41)44-21-11-13-23-50(44)56(51)42-18-8-3-9-19-42/h1-34H,35H2. The number of rotatable bonds is 7. The first-order valence-corrected chi connectivity index (χ1v) is 19.2. The monoisotopic (exact) mass is 716 g/mol. The third-order valence-corrected chi connectivity index (χ3v) is 11.2. The van der Waals surface area contributed by atoms with E-state index in [2.05, 4.69) is 220 Å². The lowest BCUT2D eigenvalue weighted by molar-refractivity contribution is 0.581. The van der Waals surface area contributed by atoms with Gasteiger partial charge < -0.3 is 9.13 Å². The molecule has 4 heteroatoms. The van der Waals surface area contributed by atoms with Crippen molar-refractivity contribution in [2.75, 3.05) is 0 Å². The Hall–Kier alpha value is -7.43. The summed E-state index contributed by atoms with van der Waals surface area (Å²) in [5, 5.41) is 10.2. The van der Waals surface area contributed by atoms with Gasteiger partial charge in [0.05, 0.1) is 33.5 Å². The van der Waals surface area contributed by atoms with E-state index in [1.165, 1.54) is 71.6 Å². The molecule has 0 saturated heterocycles. The molecule has 0 aliphatic rings. The molecule has 264 valence electrons. The summed E-state index contributed by atoms with van der Waals surface area (Å²) in [7, 11) is 0. The summed E-state index contributed by atoms with van der Waals surface area (Å²) in [6, 6.07) is 74.1. The molecule has 56 heavy (non-hydrogen) atoms. The van der Waals surface area contributed by atoms with Crippen LogP contribution in [0, 0.1) is 0 Å². The quantitative estimate of drug-likeness (QED) is 0.161. The van der Waals surface area contributed by atoms with Gasteiger partial charge in [0.15, 0.2) is 0 Å². The Labute approximate surface area is 324 Å². The fraction of sp³-hybridized carbons (Fsp3) is 0.0192. The minimum atomic E-state index is 0.566. The van der Waals surface area contributed by atoms with Gasteiger partial charge in [0.25, 0.3) is 0 Å². The highest BCUT2D eigenvalue weighted by Gasteiger charge is 2.18. The van der Waals surface area contributed by atoms with Gasteiger partial charge in [-0.15, -0.1) is 0 Å². The van der Waals surface area contributed by atoms with Gasteiger partial charge in [-0.05, 0) is 82.4 Å². The first-order chi connectivity index (χ1) is 27.8. The molecule has 0 unspecified atom stereocenters. The Kier molecular flexibility index (Phi) is 7.52. The maximum absolute atomic E-state index is 5.26. The van der Waals surface area contributed by atoms with Gasteiger partial charge in [0.2, 0.25) is 0 Å². The highest BCUT2D eigenvalue weighted by molar-refractivity contribution is 6.12. The molecule has 0 bridgehead atoms. The first kappa shape index (κ1) is 32.0. The number of hydrogen-bond donors (Lipinski definition) is 0. The van der Waals surface area contributed by atoms with Crippen LogP contribution in [-0.4, -0.2) is 18.9 Å². The van der Waals surface area contributed by atoms with Crippen molar-refractivity contribution in [3.8, 4) is 50.5 Å². The van der Waals surface area contributed by atoms with E-state index in [4.69, 9.17) is 5.10 Å². The molecule has 0 aliphatic heterocycles. The molecular weight excluding hydrogens is 681 g/mol.